The molecular formula is C15H20N2O3. The minimum absolute atomic E-state index is 0.0883. The predicted molar refractivity (Wildman–Crippen MR) is 75.1 cm³/mol. The molecule has 2 aliphatic rings. The lowest BCUT2D eigenvalue weighted by Crippen LogP contribution is -2.49. The molecule has 2 aliphatic heterocycles. The molecule has 20 heavy (non-hydrogen) atoms. The van der Waals surface area contributed by atoms with E-state index in [4.69, 9.17) is 9.47 Å². The number of nitrogens with one attached hydrogen (secondary N) is 2. The fraction of sp³-hybridized carbons (Fsp3) is 0.533. The second-order valence-electron chi connectivity index (χ2n) is 5.46. The van der Waals surface area contributed by atoms with E-state index in [1.54, 1.807) is 7.11 Å². The van der Waals surface area contributed by atoms with Crippen LogP contribution in [0.5, 0.6) is 11.5 Å². The molecule has 0 aliphatic carbocycles. The van der Waals surface area contributed by atoms with Crippen molar-refractivity contribution in [3.05, 3.63) is 23.8 Å². The molecule has 1 aromatic rings. The number of fused-ring (bicyclic) bond motifs is 1. The zero-order valence-corrected chi connectivity index (χ0v) is 11.6. The van der Waals surface area contributed by atoms with Crippen LogP contribution in [-0.4, -0.2) is 39.3 Å². The third-order valence-corrected chi connectivity index (χ3v) is 3.98. The normalized spacial score (nSPS) is 21.4. The molecule has 5 nitrogen and oxygen atoms in total. The Morgan fingerprint density at radius 1 is 1.50 bits per heavy atom. The van der Waals surface area contributed by atoms with Gasteiger partial charge in [-0.25, -0.2) is 0 Å². The molecule has 1 fully saturated rings. The van der Waals surface area contributed by atoms with Gasteiger partial charge < -0.3 is 20.1 Å². The highest BCUT2D eigenvalue weighted by Crippen LogP contribution is 2.30. The Morgan fingerprint density at radius 2 is 2.35 bits per heavy atom. The fourth-order valence-corrected chi connectivity index (χ4v) is 2.55. The van der Waals surface area contributed by atoms with Gasteiger partial charge in [-0.05, 0) is 30.2 Å². The number of methoxy groups -OCH3 is 1. The Kier molecular flexibility index (Phi) is 3.78. The van der Waals surface area contributed by atoms with Crippen LogP contribution in [0.4, 0.5) is 0 Å². The van der Waals surface area contributed by atoms with Crippen LogP contribution in [0.2, 0.25) is 0 Å². The van der Waals surface area contributed by atoms with E-state index in [0.717, 1.165) is 36.7 Å². The quantitative estimate of drug-likeness (QED) is 0.844. The van der Waals surface area contributed by atoms with E-state index >= 15 is 0 Å². The highest BCUT2D eigenvalue weighted by atomic mass is 16.5. The summed E-state index contributed by atoms with van der Waals surface area (Å²) in [5, 5.41) is 6.22. The molecule has 1 unspecified atom stereocenters. The van der Waals surface area contributed by atoms with Crippen molar-refractivity contribution in [2.45, 2.75) is 6.42 Å². The van der Waals surface area contributed by atoms with Gasteiger partial charge in [0, 0.05) is 25.6 Å². The van der Waals surface area contributed by atoms with Crippen molar-refractivity contribution in [1.82, 2.24) is 10.6 Å². The van der Waals surface area contributed by atoms with Gasteiger partial charge in [-0.15, -0.1) is 0 Å². The summed E-state index contributed by atoms with van der Waals surface area (Å²) in [6.07, 6.45) is 0.710. The molecule has 2 heterocycles. The Bertz CT molecular complexity index is 500. The maximum absolute atomic E-state index is 12.2. The molecular weight excluding hydrogens is 256 g/mol. The minimum atomic E-state index is -0.109. The Balaban J connectivity index is 1.60. The molecule has 1 atom stereocenters. The predicted octanol–water partition coefficient (Wildman–Crippen LogP) is 0.582. The maximum Gasteiger partial charge on any atom is 0.226 e. The van der Waals surface area contributed by atoms with Gasteiger partial charge in [0.2, 0.25) is 5.91 Å². The first-order valence-electron chi connectivity index (χ1n) is 7.04. The number of carbonyl (C=O) groups is 1. The summed E-state index contributed by atoms with van der Waals surface area (Å²) >= 11 is 0. The van der Waals surface area contributed by atoms with Crippen LogP contribution in [0.15, 0.2) is 18.2 Å². The van der Waals surface area contributed by atoms with Crippen LogP contribution in [0.25, 0.3) is 0 Å². The Labute approximate surface area is 118 Å². The van der Waals surface area contributed by atoms with Crippen molar-refractivity contribution >= 4 is 5.91 Å². The largest absolute Gasteiger partial charge is 0.497 e. The number of rotatable bonds is 4. The molecule has 0 bridgehead atoms. The van der Waals surface area contributed by atoms with Crippen molar-refractivity contribution in [3.63, 3.8) is 0 Å². The lowest BCUT2D eigenvalue weighted by Gasteiger charge is -2.29. The molecule has 0 radical (unpaired) electrons. The van der Waals surface area contributed by atoms with Gasteiger partial charge in [0.15, 0.2) is 0 Å². The lowest BCUT2D eigenvalue weighted by atomic mass is 9.95. The number of ether oxygens (including phenoxy) is 2. The minimum Gasteiger partial charge on any atom is -0.497 e. The van der Waals surface area contributed by atoms with Crippen molar-refractivity contribution in [2.24, 2.45) is 11.8 Å². The molecule has 0 spiro atoms. The number of benzene rings is 1. The van der Waals surface area contributed by atoms with Crippen molar-refractivity contribution < 1.29 is 14.3 Å². The first kappa shape index (κ1) is 13.2. The summed E-state index contributed by atoms with van der Waals surface area (Å²) in [4.78, 5) is 12.2. The zero-order valence-electron chi connectivity index (χ0n) is 11.6. The highest BCUT2D eigenvalue weighted by molar-refractivity contribution is 5.79. The number of amides is 1. The summed E-state index contributed by atoms with van der Waals surface area (Å²) < 4.78 is 10.9. The summed E-state index contributed by atoms with van der Waals surface area (Å²) in [6, 6.07) is 5.73. The third kappa shape index (κ3) is 2.72. The number of carbonyl (C=O) groups excluding carboxylic acids is 1. The van der Waals surface area contributed by atoms with E-state index in [-0.39, 0.29) is 11.8 Å². The SMILES string of the molecule is COc1ccc2c(c1)CC(C(=O)NCC1CNC1)CO2. The van der Waals surface area contributed by atoms with E-state index in [1.165, 1.54) is 0 Å². The number of hydrogen-bond acceptors (Lipinski definition) is 4. The smallest absolute Gasteiger partial charge is 0.226 e. The molecule has 3 rings (SSSR count). The zero-order chi connectivity index (χ0) is 13.9. The first-order valence-corrected chi connectivity index (χ1v) is 7.04. The average molecular weight is 276 g/mol. The molecule has 1 saturated heterocycles. The molecule has 108 valence electrons. The monoisotopic (exact) mass is 276 g/mol. The van der Waals surface area contributed by atoms with E-state index in [9.17, 15) is 4.79 Å². The highest BCUT2D eigenvalue weighted by Gasteiger charge is 2.27. The van der Waals surface area contributed by atoms with E-state index in [2.05, 4.69) is 10.6 Å². The van der Waals surface area contributed by atoms with Gasteiger partial charge in [0.25, 0.3) is 0 Å². The summed E-state index contributed by atoms with van der Waals surface area (Å²) in [5.41, 5.74) is 1.04. The van der Waals surface area contributed by atoms with Crippen molar-refractivity contribution in [2.75, 3.05) is 33.4 Å². The molecule has 2 N–H and O–H groups in total. The van der Waals surface area contributed by atoms with Crippen LogP contribution in [0.1, 0.15) is 5.56 Å². The molecule has 0 aromatic heterocycles. The summed E-state index contributed by atoms with van der Waals surface area (Å²) in [6.45, 7) is 3.21. The van der Waals surface area contributed by atoms with Gasteiger partial charge in [-0.3, -0.25) is 4.79 Å². The second-order valence-corrected chi connectivity index (χ2v) is 5.46. The third-order valence-electron chi connectivity index (χ3n) is 3.98. The van der Waals surface area contributed by atoms with Crippen molar-refractivity contribution in [3.8, 4) is 11.5 Å². The van der Waals surface area contributed by atoms with Gasteiger partial charge in [-0.2, -0.15) is 0 Å². The van der Waals surface area contributed by atoms with Crippen molar-refractivity contribution in [1.29, 1.82) is 0 Å². The fourth-order valence-electron chi connectivity index (χ4n) is 2.55. The topological polar surface area (TPSA) is 59.6 Å². The van der Waals surface area contributed by atoms with Gasteiger partial charge >= 0.3 is 0 Å². The Hall–Kier alpha value is -1.75. The van der Waals surface area contributed by atoms with Crippen LogP contribution in [0, 0.1) is 11.8 Å². The summed E-state index contributed by atoms with van der Waals surface area (Å²) in [7, 11) is 1.64. The van der Waals surface area contributed by atoms with Gasteiger partial charge in [-0.1, -0.05) is 0 Å². The average Bonchev–Trinajstić information content (AvgIpc) is 2.44. The van der Waals surface area contributed by atoms with Gasteiger partial charge in [0.1, 0.15) is 18.1 Å². The standard InChI is InChI=1S/C15H20N2O3/c1-19-13-2-3-14-11(5-13)4-12(9-20-14)15(18)17-8-10-6-16-7-10/h2-3,5,10,12,16H,4,6-9H2,1H3,(H,17,18). The second kappa shape index (κ2) is 5.71. The van der Waals surface area contributed by atoms with Crippen LogP contribution >= 0.6 is 0 Å². The molecule has 1 amide bonds. The van der Waals surface area contributed by atoms with E-state index in [1.807, 2.05) is 18.2 Å². The Morgan fingerprint density at radius 3 is 3.05 bits per heavy atom. The molecule has 1 aromatic carbocycles. The van der Waals surface area contributed by atoms with Gasteiger partial charge in [0.05, 0.1) is 13.0 Å². The number of hydrogen-bond donors (Lipinski definition) is 2. The van der Waals surface area contributed by atoms with Crippen LogP contribution < -0.4 is 20.1 Å². The molecule has 5 heteroatoms. The summed E-state index contributed by atoms with van der Waals surface area (Å²) in [5.74, 6) is 2.22. The van der Waals surface area contributed by atoms with E-state index in [0.29, 0.717) is 18.9 Å². The lowest BCUT2D eigenvalue weighted by molar-refractivity contribution is -0.126. The first-order chi connectivity index (χ1) is 9.76. The van der Waals surface area contributed by atoms with E-state index < -0.39 is 0 Å². The van der Waals surface area contributed by atoms with Crippen LogP contribution in [0.3, 0.4) is 0 Å². The van der Waals surface area contributed by atoms with Crippen LogP contribution in [-0.2, 0) is 11.2 Å². The maximum atomic E-state index is 12.2. The molecule has 0 saturated carbocycles.